The van der Waals surface area contributed by atoms with Crippen molar-refractivity contribution in [1.82, 2.24) is 0 Å². The van der Waals surface area contributed by atoms with Gasteiger partial charge in [-0.05, 0) is 30.2 Å². The van der Waals surface area contributed by atoms with E-state index in [-0.39, 0.29) is 28.6 Å². The average Bonchev–Trinajstić information content (AvgIpc) is 2.51. The first-order valence-corrected chi connectivity index (χ1v) is 7.54. The third kappa shape index (κ3) is 4.39. The Labute approximate surface area is 143 Å². The Morgan fingerprint density at radius 2 is 1.88 bits per heavy atom. The van der Waals surface area contributed by atoms with Crippen molar-refractivity contribution in [3.63, 3.8) is 0 Å². The highest BCUT2D eigenvalue weighted by Crippen LogP contribution is 2.26. The molecule has 0 heterocycles. The molecule has 1 N–H and O–H groups in total. The summed E-state index contributed by atoms with van der Waals surface area (Å²) < 4.78 is 0. The van der Waals surface area contributed by atoms with E-state index in [2.05, 4.69) is 5.32 Å². The monoisotopic (exact) mass is 346 g/mol. The number of halogens is 1. The lowest BCUT2D eigenvalue weighted by Gasteiger charge is -2.10. The largest absolute Gasteiger partial charge is 0.324 e. The molecule has 0 aliphatic carbocycles. The fraction of sp³-hybridized carbons (Fsp3) is 0.176. The van der Waals surface area contributed by atoms with Crippen molar-refractivity contribution in [3.8, 4) is 0 Å². The van der Waals surface area contributed by atoms with Gasteiger partial charge in [-0.1, -0.05) is 41.9 Å². The lowest BCUT2D eigenvalue weighted by Crippen LogP contribution is -2.17. The molecular weight excluding hydrogens is 332 g/mol. The second-order valence-corrected chi connectivity index (χ2v) is 5.61. The first kappa shape index (κ1) is 17.6. The molecule has 0 atom stereocenters. The normalized spacial score (nSPS) is 10.2. The molecule has 0 saturated carbocycles. The van der Waals surface area contributed by atoms with E-state index in [0.717, 1.165) is 11.1 Å². The molecule has 124 valence electrons. The Balaban J connectivity index is 2.15. The van der Waals surface area contributed by atoms with Gasteiger partial charge in [0.1, 0.15) is 0 Å². The molecule has 24 heavy (non-hydrogen) atoms. The van der Waals surface area contributed by atoms with Gasteiger partial charge in [-0.15, -0.1) is 0 Å². The van der Waals surface area contributed by atoms with Crippen molar-refractivity contribution >= 4 is 29.0 Å². The van der Waals surface area contributed by atoms with Crippen LogP contribution in [0.2, 0.25) is 5.02 Å². The molecule has 0 aliphatic heterocycles. The van der Waals surface area contributed by atoms with Crippen molar-refractivity contribution in [1.29, 1.82) is 0 Å². The maximum absolute atomic E-state index is 12.2. The third-order valence-electron chi connectivity index (χ3n) is 3.46. The van der Waals surface area contributed by atoms with Crippen LogP contribution in [0.4, 0.5) is 5.69 Å². The Kier molecular flexibility index (Phi) is 5.65. The zero-order valence-electron chi connectivity index (χ0n) is 12.9. The van der Waals surface area contributed by atoms with Gasteiger partial charge in [0.25, 0.3) is 6.54 Å². The Morgan fingerprint density at radius 3 is 2.54 bits per heavy atom. The Hall–Kier alpha value is -2.73. The van der Waals surface area contributed by atoms with Gasteiger partial charge in [0.05, 0.1) is 17.1 Å². The highest BCUT2D eigenvalue weighted by molar-refractivity contribution is 6.37. The molecule has 0 fully saturated rings. The summed E-state index contributed by atoms with van der Waals surface area (Å²) in [6, 6.07) is 12.0. The topological polar surface area (TPSA) is 89.3 Å². The summed E-state index contributed by atoms with van der Waals surface area (Å²) in [5.41, 5.74) is 2.15. The van der Waals surface area contributed by atoms with Gasteiger partial charge >= 0.3 is 0 Å². The van der Waals surface area contributed by atoms with E-state index in [1.54, 1.807) is 6.07 Å². The lowest BCUT2D eigenvalue weighted by molar-refractivity contribution is -0.465. The summed E-state index contributed by atoms with van der Waals surface area (Å²) >= 11 is 6.11. The van der Waals surface area contributed by atoms with Gasteiger partial charge < -0.3 is 5.32 Å². The molecular formula is C17H15ClN2O4. The number of hydrogen-bond acceptors (Lipinski definition) is 4. The van der Waals surface area contributed by atoms with Gasteiger partial charge in [-0.25, -0.2) is 0 Å². The quantitative estimate of drug-likeness (QED) is 0.493. The summed E-state index contributed by atoms with van der Waals surface area (Å²) in [4.78, 5) is 33.7. The van der Waals surface area contributed by atoms with Crippen LogP contribution >= 0.6 is 11.6 Å². The van der Waals surface area contributed by atoms with E-state index in [1.807, 2.05) is 31.2 Å². The van der Waals surface area contributed by atoms with Crippen molar-refractivity contribution in [2.75, 3.05) is 11.9 Å². The highest BCUT2D eigenvalue weighted by Gasteiger charge is 2.19. The summed E-state index contributed by atoms with van der Waals surface area (Å²) in [5, 5.41) is 13.1. The van der Waals surface area contributed by atoms with E-state index in [9.17, 15) is 19.7 Å². The van der Waals surface area contributed by atoms with Crippen LogP contribution in [0.25, 0.3) is 0 Å². The first-order chi connectivity index (χ1) is 11.4. The van der Waals surface area contributed by atoms with Crippen LogP contribution in [0.3, 0.4) is 0 Å². The van der Waals surface area contributed by atoms with Gasteiger partial charge in [0.15, 0.2) is 0 Å². The van der Waals surface area contributed by atoms with Crippen LogP contribution in [0.5, 0.6) is 0 Å². The molecule has 0 aliphatic rings. The summed E-state index contributed by atoms with van der Waals surface area (Å²) in [5.74, 6) is -0.995. The van der Waals surface area contributed by atoms with E-state index >= 15 is 0 Å². The number of amides is 1. The zero-order valence-corrected chi connectivity index (χ0v) is 13.7. The molecule has 6 nitrogen and oxygen atoms in total. The molecule has 1 amide bonds. The number of nitro groups is 1. The van der Waals surface area contributed by atoms with Crippen LogP contribution in [0.15, 0.2) is 42.5 Å². The zero-order chi connectivity index (χ0) is 17.7. The van der Waals surface area contributed by atoms with Gasteiger partial charge in [0.2, 0.25) is 11.7 Å². The first-order valence-electron chi connectivity index (χ1n) is 7.16. The molecule has 2 aromatic carbocycles. The number of benzene rings is 2. The van der Waals surface area contributed by atoms with E-state index in [1.165, 1.54) is 12.1 Å². The fourth-order valence-corrected chi connectivity index (χ4v) is 2.50. The van der Waals surface area contributed by atoms with Crippen LogP contribution in [0.1, 0.15) is 21.5 Å². The van der Waals surface area contributed by atoms with Gasteiger partial charge in [-0.2, -0.15) is 0 Å². The minimum atomic E-state index is -0.847. The van der Waals surface area contributed by atoms with Crippen LogP contribution < -0.4 is 5.32 Å². The number of anilines is 1. The number of carbonyl (C=O) groups is 2. The molecule has 2 aromatic rings. The second-order valence-electron chi connectivity index (χ2n) is 5.23. The summed E-state index contributed by atoms with van der Waals surface area (Å²) in [6.07, 6.45) is 0.163. The standard InChI is InChI=1S/C17H15ClN2O4/c1-11-5-2-3-6-12(11)9-16(22)19-14-8-4-7-13(17(14)18)15(21)10-20(23)24/h2-8H,9-10H2,1H3,(H,19,22). The van der Waals surface area contributed by atoms with Crippen molar-refractivity contribution in [2.24, 2.45) is 0 Å². The third-order valence-corrected chi connectivity index (χ3v) is 3.87. The smallest absolute Gasteiger partial charge is 0.265 e. The fourth-order valence-electron chi connectivity index (χ4n) is 2.22. The van der Waals surface area contributed by atoms with Gasteiger partial charge in [-0.3, -0.25) is 19.7 Å². The number of carbonyl (C=O) groups excluding carboxylic acids is 2. The van der Waals surface area contributed by atoms with E-state index in [4.69, 9.17) is 11.6 Å². The Morgan fingerprint density at radius 1 is 1.17 bits per heavy atom. The predicted molar refractivity (Wildman–Crippen MR) is 91.2 cm³/mol. The van der Waals surface area contributed by atoms with Crippen molar-refractivity contribution in [3.05, 3.63) is 74.3 Å². The van der Waals surface area contributed by atoms with Crippen LogP contribution in [-0.2, 0) is 11.2 Å². The number of rotatable bonds is 6. The number of nitrogens with one attached hydrogen (secondary N) is 1. The lowest BCUT2D eigenvalue weighted by atomic mass is 10.1. The molecule has 0 bridgehead atoms. The number of nitrogens with zero attached hydrogens (tertiary/aromatic N) is 1. The number of Topliss-reactive ketones (excluding diaryl/α,β-unsaturated/α-hetero) is 1. The minimum Gasteiger partial charge on any atom is -0.324 e. The summed E-state index contributed by atoms with van der Waals surface area (Å²) in [7, 11) is 0. The van der Waals surface area contributed by atoms with Crippen LogP contribution in [-0.4, -0.2) is 23.2 Å². The highest BCUT2D eigenvalue weighted by atomic mass is 35.5. The molecule has 0 aromatic heterocycles. The van der Waals surface area contributed by atoms with E-state index in [0.29, 0.717) is 0 Å². The molecule has 0 radical (unpaired) electrons. The number of hydrogen-bond donors (Lipinski definition) is 1. The molecule has 0 unspecified atom stereocenters. The van der Waals surface area contributed by atoms with Crippen molar-refractivity contribution < 1.29 is 14.5 Å². The van der Waals surface area contributed by atoms with Crippen LogP contribution in [0, 0.1) is 17.0 Å². The van der Waals surface area contributed by atoms with E-state index < -0.39 is 17.3 Å². The molecule has 2 rings (SSSR count). The van der Waals surface area contributed by atoms with Gasteiger partial charge in [0, 0.05) is 10.5 Å². The Bertz CT molecular complexity index is 805. The average molecular weight is 347 g/mol. The SMILES string of the molecule is Cc1ccccc1CC(=O)Nc1cccc(C(=O)C[N+](=O)[O-])c1Cl. The summed E-state index contributed by atoms with van der Waals surface area (Å²) in [6.45, 7) is 1.06. The minimum absolute atomic E-state index is 0.00230. The number of aryl methyl sites for hydroxylation is 1. The molecule has 7 heteroatoms. The predicted octanol–water partition coefficient (Wildman–Crippen LogP) is 3.29. The molecule has 0 saturated heterocycles. The molecule has 0 spiro atoms. The maximum atomic E-state index is 12.2. The maximum Gasteiger partial charge on any atom is 0.265 e. The van der Waals surface area contributed by atoms with Crippen molar-refractivity contribution in [2.45, 2.75) is 13.3 Å². The number of ketones is 1. The second kappa shape index (κ2) is 7.70.